The van der Waals surface area contributed by atoms with E-state index in [0.29, 0.717) is 17.9 Å². The van der Waals surface area contributed by atoms with Gasteiger partial charge < -0.3 is 4.74 Å². The zero-order valence-electron chi connectivity index (χ0n) is 12.7. The molecule has 0 spiro atoms. The summed E-state index contributed by atoms with van der Waals surface area (Å²) in [5.41, 5.74) is 3.02. The molecule has 0 aromatic heterocycles. The van der Waals surface area contributed by atoms with Crippen LogP contribution in [0.4, 0.5) is 5.69 Å². The van der Waals surface area contributed by atoms with Gasteiger partial charge in [-0.2, -0.15) is 5.10 Å². The second-order valence-corrected chi connectivity index (χ2v) is 5.54. The van der Waals surface area contributed by atoms with Crippen LogP contribution >= 0.6 is 15.9 Å². The van der Waals surface area contributed by atoms with Gasteiger partial charge in [0.1, 0.15) is 5.75 Å². The van der Waals surface area contributed by atoms with Crippen molar-refractivity contribution in [3.63, 3.8) is 0 Å². The molecule has 0 atom stereocenters. The molecule has 2 aromatic carbocycles. The number of benzene rings is 2. The lowest BCUT2D eigenvalue weighted by atomic mass is 10.2. The van der Waals surface area contributed by atoms with Crippen LogP contribution in [-0.4, -0.2) is 23.7 Å². The van der Waals surface area contributed by atoms with E-state index in [9.17, 15) is 14.9 Å². The Kier molecular flexibility index (Phi) is 6.02. The lowest BCUT2D eigenvalue weighted by molar-refractivity contribution is -0.384. The summed E-state index contributed by atoms with van der Waals surface area (Å²) in [5, 5.41) is 14.6. The van der Waals surface area contributed by atoms with Crippen molar-refractivity contribution in [3.05, 3.63) is 68.2 Å². The van der Waals surface area contributed by atoms with Crippen molar-refractivity contribution >= 4 is 33.7 Å². The van der Waals surface area contributed by atoms with Crippen molar-refractivity contribution in [2.75, 3.05) is 6.61 Å². The van der Waals surface area contributed by atoms with Crippen LogP contribution < -0.4 is 10.2 Å². The van der Waals surface area contributed by atoms with Crippen LogP contribution in [0.2, 0.25) is 0 Å². The third-order valence-corrected chi connectivity index (χ3v) is 3.45. The number of nitrogens with zero attached hydrogens (tertiary/aromatic N) is 2. The van der Waals surface area contributed by atoms with Crippen molar-refractivity contribution < 1.29 is 14.5 Å². The van der Waals surface area contributed by atoms with Gasteiger partial charge in [0.2, 0.25) is 0 Å². The number of nitro groups is 1. The van der Waals surface area contributed by atoms with Gasteiger partial charge in [0.15, 0.2) is 0 Å². The third kappa shape index (κ3) is 4.63. The van der Waals surface area contributed by atoms with Crippen LogP contribution in [0.15, 0.2) is 52.0 Å². The van der Waals surface area contributed by atoms with Gasteiger partial charge in [-0.1, -0.05) is 22.0 Å². The topological polar surface area (TPSA) is 93.8 Å². The second kappa shape index (κ2) is 8.21. The van der Waals surface area contributed by atoms with Gasteiger partial charge in [0, 0.05) is 27.7 Å². The molecule has 2 rings (SSSR count). The standard InChI is InChI=1S/C16H14BrN3O4/c1-2-24-15-7-6-13(17)8-12(15)10-18-19-16(21)11-4-3-5-14(9-11)20(22)23/h3-10H,2H2,1H3,(H,19,21)/b18-10-. The minimum atomic E-state index is -0.560. The van der Waals surface area contributed by atoms with Crippen LogP contribution in [0.1, 0.15) is 22.8 Å². The van der Waals surface area contributed by atoms with Crippen molar-refractivity contribution in [3.8, 4) is 5.75 Å². The summed E-state index contributed by atoms with van der Waals surface area (Å²) < 4.78 is 6.32. The van der Waals surface area contributed by atoms with Crippen LogP contribution in [-0.2, 0) is 0 Å². The van der Waals surface area contributed by atoms with Crippen LogP contribution in [0, 0.1) is 10.1 Å². The summed E-state index contributed by atoms with van der Waals surface area (Å²) in [5.74, 6) is 0.0944. The highest BCUT2D eigenvalue weighted by molar-refractivity contribution is 9.10. The first-order valence-electron chi connectivity index (χ1n) is 7.01. The summed E-state index contributed by atoms with van der Waals surface area (Å²) in [6.45, 7) is 2.37. The molecule has 7 nitrogen and oxygen atoms in total. The minimum absolute atomic E-state index is 0.153. The van der Waals surface area contributed by atoms with Gasteiger partial charge in [0.05, 0.1) is 17.7 Å². The van der Waals surface area contributed by atoms with Gasteiger partial charge in [-0.05, 0) is 31.2 Å². The summed E-state index contributed by atoms with van der Waals surface area (Å²) in [6, 6.07) is 10.8. The first-order valence-corrected chi connectivity index (χ1v) is 7.80. The van der Waals surface area contributed by atoms with E-state index < -0.39 is 10.8 Å². The molecule has 1 N–H and O–H groups in total. The smallest absolute Gasteiger partial charge is 0.271 e. The Balaban J connectivity index is 2.11. The molecule has 0 fully saturated rings. The van der Waals surface area contributed by atoms with E-state index >= 15 is 0 Å². The Bertz CT molecular complexity index is 793. The molecule has 24 heavy (non-hydrogen) atoms. The fourth-order valence-electron chi connectivity index (χ4n) is 1.89. The number of non-ortho nitro benzene ring substituents is 1. The zero-order valence-corrected chi connectivity index (χ0v) is 14.3. The predicted molar refractivity (Wildman–Crippen MR) is 93.5 cm³/mol. The van der Waals surface area contributed by atoms with E-state index in [-0.39, 0.29) is 11.3 Å². The lowest BCUT2D eigenvalue weighted by Gasteiger charge is -2.07. The Morgan fingerprint density at radius 2 is 2.17 bits per heavy atom. The van der Waals surface area contributed by atoms with Gasteiger partial charge in [0.25, 0.3) is 11.6 Å². The number of amides is 1. The maximum absolute atomic E-state index is 12.0. The molecular formula is C16H14BrN3O4. The van der Waals surface area contributed by atoms with E-state index in [1.54, 1.807) is 12.1 Å². The number of hydrogen-bond donors (Lipinski definition) is 1. The first-order chi connectivity index (χ1) is 11.5. The Morgan fingerprint density at radius 3 is 2.88 bits per heavy atom. The average molecular weight is 392 g/mol. The largest absolute Gasteiger partial charge is 0.493 e. The van der Waals surface area contributed by atoms with Gasteiger partial charge in [-0.25, -0.2) is 5.43 Å². The normalized spacial score (nSPS) is 10.6. The second-order valence-electron chi connectivity index (χ2n) is 4.62. The van der Waals surface area contributed by atoms with E-state index in [1.165, 1.54) is 30.5 Å². The average Bonchev–Trinajstić information content (AvgIpc) is 2.57. The highest BCUT2D eigenvalue weighted by Crippen LogP contribution is 2.21. The molecule has 1 amide bonds. The molecule has 0 heterocycles. The Morgan fingerprint density at radius 1 is 1.38 bits per heavy atom. The number of nitro benzene ring substituents is 1. The fraction of sp³-hybridized carbons (Fsp3) is 0.125. The molecule has 8 heteroatoms. The minimum Gasteiger partial charge on any atom is -0.493 e. The van der Waals surface area contributed by atoms with Crippen LogP contribution in [0.3, 0.4) is 0 Å². The number of ether oxygens (including phenoxy) is 1. The Labute approximate surface area is 146 Å². The molecule has 0 aliphatic carbocycles. The molecule has 0 aliphatic heterocycles. The molecule has 0 saturated carbocycles. The molecular weight excluding hydrogens is 378 g/mol. The van der Waals surface area contributed by atoms with Crippen molar-refractivity contribution in [1.29, 1.82) is 0 Å². The molecule has 2 aromatic rings. The predicted octanol–water partition coefficient (Wildman–Crippen LogP) is 3.52. The third-order valence-electron chi connectivity index (χ3n) is 2.96. The number of hydrogen-bond acceptors (Lipinski definition) is 5. The molecule has 0 unspecified atom stereocenters. The van der Waals surface area contributed by atoms with E-state index in [1.807, 2.05) is 13.0 Å². The highest BCUT2D eigenvalue weighted by atomic mass is 79.9. The van der Waals surface area contributed by atoms with Crippen molar-refractivity contribution in [1.82, 2.24) is 5.43 Å². The number of halogens is 1. The van der Waals surface area contributed by atoms with Crippen LogP contribution in [0.25, 0.3) is 0 Å². The molecule has 124 valence electrons. The zero-order chi connectivity index (χ0) is 17.5. The fourth-order valence-corrected chi connectivity index (χ4v) is 2.27. The quantitative estimate of drug-likeness (QED) is 0.462. The van der Waals surface area contributed by atoms with Crippen molar-refractivity contribution in [2.24, 2.45) is 5.10 Å². The van der Waals surface area contributed by atoms with Crippen molar-refractivity contribution in [2.45, 2.75) is 6.92 Å². The molecule has 0 saturated heterocycles. The van der Waals surface area contributed by atoms with E-state index in [0.717, 1.165) is 4.47 Å². The van der Waals surface area contributed by atoms with Crippen LogP contribution in [0.5, 0.6) is 5.75 Å². The first kappa shape index (κ1) is 17.6. The molecule has 0 bridgehead atoms. The summed E-state index contributed by atoms with van der Waals surface area (Å²) >= 11 is 3.36. The highest BCUT2D eigenvalue weighted by Gasteiger charge is 2.10. The number of rotatable bonds is 6. The van der Waals surface area contributed by atoms with Gasteiger partial charge in [-0.15, -0.1) is 0 Å². The summed E-state index contributed by atoms with van der Waals surface area (Å²) in [6.07, 6.45) is 1.45. The summed E-state index contributed by atoms with van der Waals surface area (Å²) in [7, 11) is 0. The van der Waals surface area contributed by atoms with Gasteiger partial charge in [-0.3, -0.25) is 14.9 Å². The maximum atomic E-state index is 12.0. The number of hydrazone groups is 1. The van der Waals surface area contributed by atoms with E-state index in [2.05, 4.69) is 26.5 Å². The van der Waals surface area contributed by atoms with E-state index in [4.69, 9.17) is 4.74 Å². The molecule has 0 aliphatic rings. The SMILES string of the molecule is CCOc1ccc(Br)cc1/C=N\NC(=O)c1cccc([N+](=O)[O-])c1. The number of carbonyl (C=O) groups excluding carboxylic acids is 1. The number of nitrogens with one attached hydrogen (secondary N) is 1. The molecule has 0 radical (unpaired) electrons. The lowest BCUT2D eigenvalue weighted by Crippen LogP contribution is -2.17. The van der Waals surface area contributed by atoms with Gasteiger partial charge >= 0.3 is 0 Å². The maximum Gasteiger partial charge on any atom is 0.271 e. The Hall–Kier alpha value is -2.74. The monoisotopic (exact) mass is 391 g/mol. The summed E-state index contributed by atoms with van der Waals surface area (Å²) in [4.78, 5) is 22.2. The number of carbonyl (C=O) groups is 1.